The van der Waals surface area contributed by atoms with Crippen molar-refractivity contribution in [2.75, 3.05) is 26.3 Å². The summed E-state index contributed by atoms with van der Waals surface area (Å²) >= 11 is 0. The Labute approximate surface area is 147 Å². The lowest BCUT2D eigenvalue weighted by molar-refractivity contribution is -0.162. The highest BCUT2D eigenvalue weighted by atomic mass is 16.5. The van der Waals surface area contributed by atoms with Crippen LogP contribution < -0.4 is 0 Å². The number of amides is 3. The first-order valence-corrected chi connectivity index (χ1v) is 8.88. The van der Waals surface area contributed by atoms with Crippen molar-refractivity contribution in [3.8, 4) is 0 Å². The van der Waals surface area contributed by atoms with E-state index in [1.165, 1.54) is 4.90 Å². The van der Waals surface area contributed by atoms with Gasteiger partial charge in [-0.1, -0.05) is 37.3 Å². The molecule has 2 heterocycles. The zero-order chi connectivity index (χ0) is 17.8. The lowest BCUT2D eigenvalue weighted by Gasteiger charge is -2.39. The molecule has 1 aromatic rings. The lowest BCUT2D eigenvalue weighted by Crippen LogP contribution is -2.55. The second kappa shape index (κ2) is 7.78. The van der Waals surface area contributed by atoms with Crippen LogP contribution in [-0.4, -0.2) is 59.9 Å². The Morgan fingerprint density at radius 1 is 1.12 bits per heavy atom. The second-order valence-corrected chi connectivity index (χ2v) is 6.58. The molecule has 0 spiro atoms. The molecule has 0 unspecified atom stereocenters. The molecule has 2 aliphatic rings. The molecule has 0 N–H and O–H groups in total. The fourth-order valence-corrected chi connectivity index (χ4v) is 3.71. The van der Waals surface area contributed by atoms with Crippen molar-refractivity contribution in [2.24, 2.45) is 0 Å². The summed E-state index contributed by atoms with van der Waals surface area (Å²) in [5.74, 6) is -0.537. The Balaban J connectivity index is 1.62. The molecule has 6 heteroatoms. The monoisotopic (exact) mass is 344 g/mol. The highest BCUT2D eigenvalue weighted by Gasteiger charge is 2.36. The molecule has 2 aliphatic heterocycles. The fraction of sp³-hybridized carbons (Fsp3) is 0.526. The number of benzene rings is 1. The van der Waals surface area contributed by atoms with Gasteiger partial charge in [0.15, 0.2) is 0 Å². The molecule has 0 aliphatic carbocycles. The molecular weight excluding hydrogens is 320 g/mol. The molecule has 2 saturated heterocycles. The number of imide groups is 1. The van der Waals surface area contributed by atoms with Crippen molar-refractivity contribution in [3.63, 3.8) is 0 Å². The molecule has 25 heavy (non-hydrogen) atoms. The largest absolute Gasteiger partial charge is 0.362 e. The minimum Gasteiger partial charge on any atom is -0.362 e. The van der Waals surface area contributed by atoms with E-state index in [1.807, 2.05) is 42.2 Å². The van der Waals surface area contributed by atoms with Crippen LogP contribution in [0.5, 0.6) is 0 Å². The maximum atomic E-state index is 12.9. The summed E-state index contributed by atoms with van der Waals surface area (Å²) in [5, 5.41) is 0. The molecule has 0 aromatic heterocycles. The first-order valence-electron chi connectivity index (χ1n) is 8.88. The summed E-state index contributed by atoms with van der Waals surface area (Å²) in [6.45, 7) is 3.11. The van der Waals surface area contributed by atoms with Crippen LogP contribution in [0, 0.1) is 0 Å². The van der Waals surface area contributed by atoms with Crippen LogP contribution in [0.3, 0.4) is 0 Å². The molecule has 0 bridgehead atoms. The minimum atomic E-state index is -0.267. The standard InChI is InChI=1S/C19H24N2O4/c1-2-16(14-6-4-3-5-7-14)19(24)20-10-8-15(9-11-20)21-17(22)12-25-13-18(21)23/h3-7,15-16H,2,8-13H2,1H3/t16-/m0/s1. The first-order chi connectivity index (χ1) is 12.1. The summed E-state index contributed by atoms with van der Waals surface area (Å²) in [6, 6.07) is 9.71. The van der Waals surface area contributed by atoms with Gasteiger partial charge in [-0.3, -0.25) is 19.3 Å². The van der Waals surface area contributed by atoms with Gasteiger partial charge in [-0.25, -0.2) is 0 Å². The van der Waals surface area contributed by atoms with E-state index in [9.17, 15) is 14.4 Å². The molecule has 0 saturated carbocycles. The van der Waals surface area contributed by atoms with Gasteiger partial charge in [-0.15, -0.1) is 0 Å². The van der Waals surface area contributed by atoms with Gasteiger partial charge in [0.1, 0.15) is 13.2 Å². The SMILES string of the molecule is CC[C@H](C(=O)N1CCC(N2C(=O)COCC2=O)CC1)c1ccccc1. The zero-order valence-electron chi connectivity index (χ0n) is 14.5. The van der Waals surface area contributed by atoms with Gasteiger partial charge in [-0.2, -0.15) is 0 Å². The van der Waals surface area contributed by atoms with Crippen LogP contribution in [0.25, 0.3) is 0 Å². The minimum absolute atomic E-state index is 0.0310. The van der Waals surface area contributed by atoms with E-state index < -0.39 is 0 Å². The van der Waals surface area contributed by atoms with Crippen molar-refractivity contribution < 1.29 is 19.1 Å². The van der Waals surface area contributed by atoms with E-state index in [2.05, 4.69) is 0 Å². The predicted molar refractivity (Wildman–Crippen MR) is 91.7 cm³/mol. The molecule has 3 rings (SSSR count). The second-order valence-electron chi connectivity index (χ2n) is 6.58. The molecular formula is C19H24N2O4. The number of carbonyl (C=O) groups excluding carboxylic acids is 3. The van der Waals surface area contributed by atoms with Crippen molar-refractivity contribution in [1.29, 1.82) is 0 Å². The summed E-state index contributed by atoms with van der Waals surface area (Å²) in [7, 11) is 0. The smallest absolute Gasteiger partial charge is 0.255 e. The summed E-state index contributed by atoms with van der Waals surface area (Å²) < 4.78 is 4.96. The third-order valence-electron chi connectivity index (χ3n) is 5.04. The number of carbonyl (C=O) groups is 3. The summed E-state index contributed by atoms with van der Waals surface area (Å²) in [6.07, 6.45) is 2.02. The van der Waals surface area contributed by atoms with Crippen LogP contribution in [0.15, 0.2) is 30.3 Å². The maximum Gasteiger partial charge on any atom is 0.255 e. The van der Waals surface area contributed by atoms with Gasteiger partial charge in [0.2, 0.25) is 5.91 Å². The van der Waals surface area contributed by atoms with Crippen molar-refractivity contribution in [1.82, 2.24) is 9.80 Å². The molecule has 1 atom stereocenters. The average Bonchev–Trinajstić information content (AvgIpc) is 2.63. The van der Waals surface area contributed by atoms with Crippen LogP contribution >= 0.6 is 0 Å². The fourth-order valence-electron chi connectivity index (χ4n) is 3.71. The van der Waals surface area contributed by atoms with Gasteiger partial charge in [0.05, 0.1) is 5.92 Å². The van der Waals surface area contributed by atoms with Gasteiger partial charge in [0.25, 0.3) is 11.8 Å². The van der Waals surface area contributed by atoms with Gasteiger partial charge in [-0.05, 0) is 24.8 Å². The molecule has 134 valence electrons. The Bertz CT molecular complexity index is 622. The number of ether oxygens (including phenoxy) is 1. The van der Waals surface area contributed by atoms with E-state index in [0.717, 1.165) is 12.0 Å². The summed E-state index contributed by atoms with van der Waals surface area (Å²) in [5.41, 5.74) is 1.04. The Kier molecular flexibility index (Phi) is 5.48. The van der Waals surface area contributed by atoms with Crippen LogP contribution in [-0.2, 0) is 19.1 Å². The van der Waals surface area contributed by atoms with E-state index in [4.69, 9.17) is 4.74 Å². The normalized spacial score (nSPS) is 20.7. The molecule has 2 fully saturated rings. The number of nitrogens with zero attached hydrogens (tertiary/aromatic N) is 2. The third-order valence-corrected chi connectivity index (χ3v) is 5.04. The Hall–Kier alpha value is -2.21. The van der Waals surface area contributed by atoms with Crippen molar-refractivity contribution in [3.05, 3.63) is 35.9 Å². The number of rotatable bonds is 4. The van der Waals surface area contributed by atoms with Crippen molar-refractivity contribution >= 4 is 17.7 Å². The highest BCUT2D eigenvalue weighted by Crippen LogP contribution is 2.25. The number of piperidine rings is 1. The highest BCUT2D eigenvalue weighted by molar-refractivity contribution is 5.98. The maximum absolute atomic E-state index is 12.9. The topological polar surface area (TPSA) is 66.9 Å². The number of morpholine rings is 1. The number of hydrogen-bond acceptors (Lipinski definition) is 4. The third kappa shape index (κ3) is 3.74. The van der Waals surface area contributed by atoms with Gasteiger partial charge >= 0.3 is 0 Å². The molecule has 1 aromatic carbocycles. The van der Waals surface area contributed by atoms with E-state index in [0.29, 0.717) is 25.9 Å². The van der Waals surface area contributed by atoms with E-state index in [1.54, 1.807) is 0 Å². The van der Waals surface area contributed by atoms with Crippen LogP contribution in [0.2, 0.25) is 0 Å². The molecule has 3 amide bonds. The summed E-state index contributed by atoms with van der Waals surface area (Å²) in [4.78, 5) is 40.0. The Morgan fingerprint density at radius 2 is 1.72 bits per heavy atom. The quantitative estimate of drug-likeness (QED) is 0.778. The van der Waals surface area contributed by atoms with E-state index in [-0.39, 0.29) is 42.9 Å². The number of likely N-dealkylation sites (tertiary alicyclic amines) is 1. The van der Waals surface area contributed by atoms with Gasteiger partial charge in [0, 0.05) is 19.1 Å². The zero-order valence-corrected chi connectivity index (χ0v) is 14.5. The Morgan fingerprint density at radius 3 is 2.28 bits per heavy atom. The number of hydrogen-bond donors (Lipinski definition) is 0. The first kappa shape index (κ1) is 17.6. The average molecular weight is 344 g/mol. The van der Waals surface area contributed by atoms with Gasteiger partial charge < -0.3 is 9.64 Å². The van der Waals surface area contributed by atoms with Crippen LogP contribution in [0.1, 0.15) is 37.7 Å². The van der Waals surface area contributed by atoms with Crippen LogP contribution in [0.4, 0.5) is 0 Å². The molecule has 6 nitrogen and oxygen atoms in total. The van der Waals surface area contributed by atoms with E-state index >= 15 is 0 Å². The molecule has 0 radical (unpaired) electrons. The van der Waals surface area contributed by atoms with Crippen molar-refractivity contribution in [2.45, 2.75) is 38.1 Å². The predicted octanol–water partition coefficient (Wildman–Crippen LogP) is 1.56. The lowest BCUT2D eigenvalue weighted by atomic mass is 9.93.